The van der Waals surface area contributed by atoms with Crippen LogP contribution in [0.1, 0.15) is 27.5 Å². The molecular weight excluding hydrogens is 466 g/mol. The SMILES string of the molecule is CNC(=O)c1cn(C[C@@H](F)CCc2nnc(NCCc3cccc(OC(F)(F)F)c3)s2)nn1. The number of benzene rings is 1. The maximum absolute atomic E-state index is 14.3. The van der Waals surface area contributed by atoms with E-state index in [-0.39, 0.29) is 24.4 Å². The summed E-state index contributed by atoms with van der Waals surface area (Å²) in [7, 11) is 1.47. The molecule has 0 aliphatic heterocycles. The molecule has 0 aliphatic rings. The molecule has 178 valence electrons. The molecule has 0 unspecified atom stereocenters. The quantitative estimate of drug-likeness (QED) is 0.401. The minimum absolute atomic E-state index is 0.0367. The number of amides is 1. The average Bonchev–Trinajstić information content (AvgIpc) is 3.40. The topological polar surface area (TPSA) is 107 Å². The van der Waals surface area contributed by atoms with Crippen LogP contribution in [-0.2, 0) is 19.4 Å². The highest BCUT2D eigenvalue weighted by Crippen LogP contribution is 2.24. The molecule has 0 saturated carbocycles. The second kappa shape index (κ2) is 11.0. The van der Waals surface area contributed by atoms with Crippen LogP contribution >= 0.6 is 11.3 Å². The Morgan fingerprint density at radius 1 is 1.24 bits per heavy atom. The first-order valence-corrected chi connectivity index (χ1v) is 10.7. The maximum atomic E-state index is 14.3. The first-order chi connectivity index (χ1) is 15.7. The van der Waals surface area contributed by atoms with Crippen molar-refractivity contribution in [2.24, 2.45) is 0 Å². The fraction of sp³-hybridized carbons (Fsp3) is 0.421. The highest BCUT2D eigenvalue weighted by atomic mass is 32.1. The molecule has 9 nitrogen and oxygen atoms in total. The van der Waals surface area contributed by atoms with Gasteiger partial charge in [-0.1, -0.05) is 28.7 Å². The summed E-state index contributed by atoms with van der Waals surface area (Å²) in [5.41, 5.74) is 0.783. The van der Waals surface area contributed by atoms with Gasteiger partial charge in [-0.3, -0.25) is 4.79 Å². The van der Waals surface area contributed by atoms with Gasteiger partial charge in [0.2, 0.25) is 5.13 Å². The molecule has 0 bridgehead atoms. The van der Waals surface area contributed by atoms with Gasteiger partial charge in [-0.2, -0.15) is 0 Å². The molecule has 2 aromatic heterocycles. The van der Waals surface area contributed by atoms with Gasteiger partial charge < -0.3 is 15.4 Å². The standard InChI is InChI=1S/C19H21F4N7O2S/c1-24-17(31)15-11-30(29-26-15)10-13(20)5-6-16-27-28-18(33-16)25-8-7-12-3-2-4-14(9-12)32-19(21,22)23/h2-4,9,11,13H,5-8,10H2,1H3,(H,24,31)(H,25,28)/t13-/m0/s1. The summed E-state index contributed by atoms with van der Waals surface area (Å²) >= 11 is 1.28. The Labute approximate surface area is 190 Å². The van der Waals surface area contributed by atoms with Gasteiger partial charge in [0.05, 0.1) is 12.7 Å². The summed E-state index contributed by atoms with van der Waals surface area (Å²) < 4.78 is 56.4. The molecule has 3 rings (SSSR count). The van der Waals surface area contributed by atoms with Gasteiger partial charge in [0.25, 0.3) is 5.91 Å². The molecule has 0 aliphatic carbocycles. The number of nitrogens with one attached hydrogen (secondary N) is 2. The van der Waals surface area contributed by atoms with Crippen molar-refractivity contribution in [1.82, 2.24) is 30.5 Å². The van der Waals surface area contributed by atoms with Crippen molar-refractivity contribution in [3.05, 3.63) is 46.7 Å². The third kappa shape index (κ3) is 7.97. The number of hydrogen-bond donors (Lipinski definition) is 2. The highest BCUT2D eigenvalue weighted by Gasteiger charge is 2.31. The van der Waals surface area contributed by atoms with Gasteiger partial charge in [0, 0.05) is 20.0 Å². The summed E-state index contributed by atoms with van der Waals surface area (Å²) in [5.74, 6) is -0.664. The smallest absolute Gasteiger partial charge is 0.406 e. The van der Waals surface area contributed by atoms with E-state index < -0.39 is 18.4 Å². The number of aromatic nitrogens is 5. The van der Waals surface area contributed by atoms with Gasteiger partial charge in [0.15, 0.2) is 5.69 Å². The predicted molar refractivity (Wildman–Crippen MR) is 112 cm³/mol. The van der Waals surface area contributed by atoms with Crippen molar-refractivity contribution in [2.45, 2.75) is 38.3 Å². The van der Waals surface area contributed by atoms with Crippen molar-refractivity contribution in [3.8, 4) is 5.75 Å². The molecule has 1 amide bonds. The van der Waals surface area contributed by atoms with E-state index in [4.69, 9.17) is 0 Å². The number of hydrogen-bond acceptors (Lipinski definition) is 8. The molecule has 2 N–H and O–H groups in total. The third-order valence-electron chi connectivity index (χ3n) is 4.34. The summed E-state index contributed by atoms with van der Waals surface area (Å²) in [4.78, 5) is 11.5. The van der Waals surface area contributed by atoms with E-state index in [1.807, 2.05) is 0 Å². The number of carbonyl (C=O) groups is 1. The van der Waals surface area contributed by atoms with E-state index in [0.717, 1.165) is 0 Å². The minimum atomic E-state index is -4.73. The molecular formula is C19H21F4N7O2S. The van der Waals surface area contributed by atoms with E-state index in [2.05, 4.69) is 35.9 Å². The largest absolute Gasteiger partial charge is 0.573 e. The first-order valence-electron chi connectivity index (χ1n) is 9.89. The fourth-order valence-electron chi connectivity index (χ4n) is 2.83. The number of alkyl halides is 4. The summed E-state index contributed by atoms with van der Waals surface area (Å²) in [5, 5.41) is 22.1. The normalized spacial score (nSPS) is 12.4. The number of nitrogens with zero attached hydrogens (tertiary/aromatic N) is 5. The number of ether oxygens (including phenoxy) is 1. The van der Waals surface area contributed by atoms with E-state index in [1.165, 1.54) is 47.5 Å². The molecule has 0 spiro atoms. The lowest BCUT2D eigenvalue weighted by atomic mass is 10.1. The summed E-state index contributed by atoms with van der Waals surface area (Å²) in [6.07, 6.45) is -3.56. The number of rotatable bonds is 11. The van der Waals surface area contributed by atoms with Crippen LogP contribution in [0.25, 0.3) is 0 Å². The van der Waals surface area contributed by atoms with Crippen molar-refractivity contribution in [2.75, 3.05) is 18.9 Å². The lowest BCUT2D eigenvalue weighted by molar-refractivity contribution is -0.274. The minimum Gasteiger partial charge on any atom is -0.406 e. The Hall–Kier alpha value is -3.29. The third-order valence-corrected chi connectivity index (χ3v) is 5.28. The van der Waals surface area contributed by atoms with Crippen LogP contribution in [0.15, 0.2) is 30.5 Å². The van der Waals surface area contributed by atoms with Gasteiger partial charge in [0.1, 0.15) is 16.9 Å². The Morgan fingerprint density at radius 3 is 2.82 bits per heavy atom. The molecule has 14 heteroatoms. The number of halogens is 4. The second-order valence-corrected chi connectivity index (χ2v) is 7.98. The van der Waals surface area contributed by atoms with E-state index >= 15 is 0 Å². The fourth-order valence-corrected chi connectivity index (χ4v) is 3.61. The lowest BCUT2D eigenvalue weighted by Crippen LogP contribution is -2.18. The van der Waals surface area contributed by atoms with Crippen LogP contribution < -0.4 is 15.4 Å². The first kappa shape index (κ1) is 24.4. The highest BCUT2D eigenvalue weighted by molar-refractivity contribution is 7.15. The molecule has 0 fully saturated rings. The van der Waals surface area contributed by atoms with Crippen molar-refractivity contribution in [3.63, 3.8) is 0 Å². The monoisotopic (exact) mass is 487 g/mol. The Balaban J connectivity index is 1.41. The van der Waals surface area contributed by atoms with E-state index in [1.54, 1.807) is 6.07 Å². The zero-order valence-electron chi connectivity index (χ0n) is 17.5. The zero-order valence-corrected chi connectivity index (χ0v) is 18.3. The van der Waals surface area contributed by atoms with Crippen LogP contribution in [0.2, 0.25) is 0 Å². The van der Waals surface area contributed by atoms with Crippen LogP contribution in [-0.4, -0.2) is 57.2 Å². The molecule has 0 radical (unpaired) electrons. The predicted octanol–water partition coefficient (Wildman–Crippen LogP) is 3.01. The van der Waals surface area contributed by atoms with E-state index in [9.17, 15) is 22.4 Å². The Bertz CT molecular complexity index is 1060. The van der Waals surface area contributed by atoms with E-state index in [0.29, 0.717) is 35.1 Å². The summed E-state index contributed by atoms with van der Waals surface area (Å²) in [6.45, 7) is 0.390. The molecule has 1 aromatic carbocycles. The molecule has 2 heterocycles. The Morgan fingerprint density at radius 2 is 2.06 bits per heavy atom. The van der Waals surface area contributed by atoms with Crippen LogP contribution in [0.4, 0.5) is 22.7 Å². The second-order valence-electron chi connectivity index (χ2n) is 6.91. The molecule has 0 saturated heterocycles. The maximum Gasteiger partial charge on any atom is 0.573 e. The van der Waals surface area contributed by atoms with Gasteiger partial charge in [-0.05, 0) is 30.5 Å². The Kier molecular flexibility index (Phi) is 8.14. The number of carbonyl (C=O) groups excluding carboxylic acids is 1. The van der Waals surface area contributed by atoms with Gasteiger partial charge >= 0.3 is 6.36 Å². The van der Waals surface area contributed by atoms with Gasteiger partial charge in [-0.15, -0.1) is 28.5 Å². The van der Waals surface area contributed by atoms with Crippen molar-refractivity contribution < 1.29 is 27.1 Å². The number of aryl methyl sites for hydroxylation is 1. The molecule has 33 heavy (non-hydrogen) atoms. The molecule has 1 atom stereocenters. The van der Waals surface area contributed by atoms with Crippen LogP contribution in [0.3, 0.4) is 0 Å². The lowest BCUT2D eigenvalue weighted by Gasteiger charge is -2.10. The van der Waals surface area contributed by atoms with Crippen LogP contribution in [0, 0.1) is 0 Å². The summed E-state index contributed by atoms with van der Waals surface area (Å²) in [6, 6.07) is 5.76. The zero-order chi connectivity index (χ0) is 23.8. The van der Waals surface area contributed by atoms with Gasteiger partial charge in [-0.25, -0.2) is 9.07 Å². The number of anilines is 1. The van der Waals surface area contributed by atoms with Crippen molar-refractivity contribution >= 4 is 22.4 Å². The average molecular weight is 487 g/mol. The molecule has 3 aromatic rings. The van der Waals surface area contributed by atoms with Crippen LogP contribution in [0.5, 0.6) is 5.75 Å². The van der Waals surface area contributed by atoms with Crippen molar-refractivity contribution in [1.29, 1.82) is 0 Å².